The first-order valence-corrected chi connectivity index (χ1v) is 6.75. The smallest absolute Gasteiger partial charge is 0.164 e. The van der Waals surface area contributed by atoms with E-state index < -0.39 is 0 Å². The molecule has 0 bridgehead atoms. The molecule has 0 aliphatic carbocycles. The fraction of sp³-hybridized carbons (Fsp3) is 0.571. The third-order valence-corrected chi connectivity index (χ3v) is 3.46. The van der Waals surface area contributed by atoms with Crippen LogP contribution in [0.1, 0.15) is 18.4 Å². The molecule has 1 aliphatic rings. The Bertz CT molecular complexity index is 406. The zero-order valence-electron chi connectivity index (χ0n) is 11.6. The van der Waals surface area contributed by atoms with E-state index in [1.165, 1.54) is 33.0 Å². The average molecular weight is 266 g/mol. The zero-order chi connectivity index (χ0) is 13.7. The van der Waals surface area contributed by atoms with Crippen molar-refractivity contribution >= 4 is 5.69 Å². The van der Waals surface area contributed by atoms with Crippen LogP contribution in [0.15, 0.2) is 18.2 Å². The summed E-state index contributed by atoms with van der Waals surface area (Å²) >= 11 is 0. The molecule has 19 heavy (non-hydrogen) atoms. The van der Waals surface area contributed by atoms with Gasteiger partial charge < -0.3 is 9.94 Å². The van der Waals surface area contributed by atoms with Crippen molar-refractivity contribution in [2.45, 2.75) is 19.8 Å². The molecule has 1 aromatic rings. The van der Waals surface area contributed by atoms with Gasteiger partial charge in [0.25, 0.3) is 0 Å². The normalized spacial score (nSPS) is 17.6. The maximum Gasteiger partial charge on any atom is 0.164 e. The molecule has 1 fully saturated rings. The van der Waals surface area contributed by atoms with Crippen LogP contribution in [0, 0.1) is 12.1 Å². The lowest BCUT2D eigenvalue weighted by molar-refractivity contribution is -0.992. The molecule has 5 nitrogen and oxygen atoms in total. The number of nitrogens with zero attached hydrogens (tertiary/aromatic N) is 1. The Hall–Kier alpha value is -1.14. The lowest BCUT2D eigenvalue weighted by atomic mass is 10.2. The first kappa shape index (κ1) is 14.3. The third-order valence-electron chi connectivity index (χ3n) is 3.46. The number of likely N-dealkylation sites (tertiary alicyclic amines) is 1. The van der Waals surface area contributed by atoms with Gasteiger partial charge in [0.2, 0.25) is 0 Å². The first-order chi connectivity index (χ1) is 9.20. The predicted molar refractivity (Wildman–Crippen MR) is 73.3 cm³/mol. The van der Waals surface area contributed by atoms with Gasteiger partial charge in [-0.2, -0.15) is 5.23 Å². The Balaban J connectivity index is 1.86. The summed E-state index contributed by atoms with van der Waals surface area (Å²) in [4.78, 5) is 7.11. The standard InChI is InChI=1S/C14H22N2O3/c1-12-11-13(16(17)18-2)5-6-14(12)19-10-9-15-7-3-4-8-15/h5-6,11,16H,3-4,7-10H2,1-2H3. The lowest BCUT2D eigenvalue weighted by Gasteiger charge is -2.19. The van der Waals surface area contributed by atoms with Crippen molar-refractivity contribution in [2.75, 3.05) is 33.4 Å². The number of aryl methyl sites for hydroxylation is 1. The fourth-order valence-electron chi connectivity index (χ4n) is 2.35. The van der Waals surface area contributed by atoms with E-state index in [2.05, 4.69) is 4.90 Å². The Morgan fingerprint density at radius 2 is 2.05 bits per heavy atom. The van der Waals surface area contributed by atoms with Crippen LogP contribution in [0.3, 0.4) is 0 Å². The summed E-state index contributed by atoms with van der Waals surface area (Å²) < 4.78 is 5.77. The molecule has 1 saturated heterocycles. The molecule has 1 N–H and O–H groups in total. The van der Waals surface area contributed by atoms with E-state index in [0.29, 0.717) is 12.3 Å². The maximum atomic E-state index is 11.4. The van der Waals surface area contributed by atoms with E-state index in [1.807, 2.05) is 13.0 Å². The molecule has 0 aromatic heterocycles. The van der Waals surface area contributed by atoms with Crippen molar-refractivity contribution < 1.29 is 14.8 Å². The summed E-state index contributed by atoms with van der Waals surface area (Å²) in [6.07, 6.45) is 2.60. The number of rotatable bonds is 6. The van der Waals surface area contributed by atoms with Gasteiger partial charge in [0.05, 0.1) is 7.11 Å². The van der Waals surface area contributed by atoms with Crippen molar-refractivity contribution in [1.29, 1.82) is 0 Å². The molecule has 1 heterocycles. The van der Waals surface area contributed by atoms with E-state index in [-0.39, 0.29) is 5.23 Å². The molecule has 0 saturated carbocycles. The number of ether oxygens (including phenoxy) is 1. The van der Waals surface area contributed by atoms with Crippen molar-refractivity contribution in [3.63, 3.8) is 0 Å². The average Bonchev–Trinajstić information content (AvgIpc) is 2.93. The molecule has 0 radical (unpaired) electrons. The van der Waals surface area contributed by atoms with Crippen LogP contribution in [0.2, 0.25) is 0 Å². The van der Waals surface area contributed by atoms with Gasteiger partial charge in [-0.25, -0.2) is 4.84 Å². The minimum atomic E-state index is -0.313. The van der Waals surface area contributed by atoms with Gasteiger partial charge in [-0.15, -0.1) is 0 Å². The Morgan fingerprint density at radius 3 is 2.68 bits per heavy atom. The zero-order valence-corrected chi connectivity index (χ0v) is 11.6. The van der Waals surface area contributed by atoms with E-state index >= 15 is 0 Å². The highest BCUT2D eigenvalue weighted by Crippen LogP contribution is 2.20. The van der Waals surface area contributed by atoms with E-state index in [9.17, 15) is 5.21 Å². The molecule has 1 atom stereocenters. The second-order valence-electron chi connectivity index (χ2n) is 4.87. The quantitative estimate of drug-likeness (QED) is 0.782. The Morgan fingerprint density at radius 1 is 1.32 bits per heavy atom. The number of benzene rings is 1. The summed E-state index contributed by atoms with van der Waals surface area (Å²) in [5.74, 6) is 0.840. The van der Waals surface area contributed by atoms with Crippen molar-refractivity contribution in [1.82, 2.24) is 4.90 Å². The minimum Gasteiger partial charge on any atom is -0.595 e. The van der Waals surface area contributed by atoms with Gasteiger partial charge in [-0.05, 0) is 44.5 Å². The van der Waals surface area contributed by atoms with Gasteiger partial charge in [-0.3, -0.25) is 4.90 Å². The van der Waals surface area contributed by atoms with Gasteiger partial charge in [-0.1, -0.05) is 0 Å². The maximum absolute atomic E-state index is 11.4. The number of quaternary nitrogens is 1. The largest absolute Gasteiger partial charge is 0.595 e. The fourth-order valence-corrected chi connectivity index (χ4v) is 2.35. The van der Waals surface area contributed by atoms with Crippen LogP contribution in [0.5, 0.6) is 5.75 Å². The molecule has 1 aromatic carbocycles. The van der Waals surface area contributed by atoms with Crippen LogP contribution >= 0.6 is 0 Å². The van der Waals surface area contributed by atoms with E-state index in [1.54, 1.807) is 12.1 Å². The molecular formula is C14H22N2O3. The predicted octanol–water partition coefficient (Wildman–Crippen LogP) is 1.05. The summed E-state index contributed by atoms with van der Waals surface area (Å²) in [6, 6.07) is 5.38. The van der Waals surface area contributed by atoms with Crippen LogP contribution in [0.25, 0.3) is 0 Å². The minimum absolute atomic E-state index is 0.313. The molecule has 0 amide bonds. The highest BCUT2D eigenvalue weighted by molar-refractivity contribution is 5.42. The molecule has 5 heteroatoms. The number of nitrogens with one attached hydrogen (secondary N) is 1. The summed E-state index contributed by atoms with van der Waals surface area (Å²) in [5.41, 5.74) is 1.52. The number of hydrogen-bond donors (Lipinski definition) is 1. The summed E-state index contributed by atoms with van der Waals surface area (Å²) in [6.45, 7) is 5.97. The van der Waals surface area contributed by atoms with E-state index in [4.69, 9.17) is 9.57 Å². The highest BCUT2D eigenvalue weighted by Gasteiger charge is 2.11. The van der Waals surface area contributed by atoms with E-state index in [0.717, 1.165) is 17.9 Å². The van der Waals surface area contributed by atoms with Gasteiger partial charge in [0.1, 0.15) is 12.4 Å². The molecule has 1 aliphatic heterocycles. The third kappa shape index (κ3) is 3.91. The topological polar surface area (TPSA) is 49.2 Å². The monoisotopic (exact) mass is 266 g/mol. The van der Waals surface area contributed by atoms with Crippen LogP contribution in [-0.2, 0) is 4.84 Å². The Kier molecular flexibility index (Phi) is 5.15. The van der Waals surface area contributed by atoms with Crippen LogP contribution in [-0.4, -0.2) is 38.3 Å². The Labute approximate surface area is 114 Å². The van der Waals surface area contributed by atoms with Gasteiger partial charge in [0, 0.05) is 18.7 Å². The van der Waals surface area contributed by atoms with Crippen molar-refractivity contribution in [3.05, 3.63) is 29.0 Å². The molecule has 1 unspecified atom stereocenters. The van der Waals surface area contributed by atoms with Crippen LogP contribution < -0.4 is 9.96 Å². The van der Waals surface area contributed by atoms with Crippen LogP contribution in [0.4, 0.5) is 5.69 Å². The van der Waals surface area contributed by atoms with Gasteiger partial charge >= 0.3 is 0 Å². The lowest BCUT2D eigenvalue weighted by Crippen LogP contribution is -3.00. The molecular weight excluding hydrogens is 244 g/mol. The SMILES string of the molecule is CO[NH+]([O-])c1ccc(OCCN2CCCC2)c(C)c1. The van der Waals surface area contributed by atoms with Crippen molar-refractivity contribution in [3.8, 4) is 5.75 Å². The summed E-state index contributed by atoms with van der Waals surface area (Å²) in [7, 11) is 1.39. The first-order valence-electron chi connectivity index (χ1n) is 6.75. The summed E-state index contributed by atoms with van der Waals surface area (Å²) in [5, 5.41) is 11.1. The molecule has 106 valence electrons. The van der Waals surface area contributed by atoms with Crippen molar-refractivity contribution in [2.24, 2.45) is 0 Å². The second-order valence-corrected chi connectivity index (χ2v) is 4.87. The van der Waals surface area contributed by atoms with Gasteiger partial charge in [0.15, 0.2) is 5.69 Å². The highest BCUT2D eigenvalue weighted by atomic mass is 16.9. The molecule has 0 spiro atoms. The second kappa shape index (κ2) is 6.86. The molecule has 2 rings (SSSR count). The number of hydrogen-bond acceptors (Lipinski definition) is 4.